The Balaban J connectivity index is 2.61. The van der Waals surface area contributed by atoms with Gasteiger partial charge >= 0.3 is 0 Å². The van der Waals surface area contributed by atoms with Gasteiger partial charge in [0.05, 0.1) is 11.8 Å². The van der Waals surface area contributed by atoms with Crippen molar-refractivity contribution in [3.63, 3.8) is 0 Å². The molecule has 0 fully saturated rings. The summed E-state index contributed by atoms with van der Waals surface area (Å²) in [6, 6.07) is 1.65. The topological polar surface area (TPSA) is 42.2 Å². The van der Waals surface area contributed by atoms with E-state index in [1.165, 1.54) is 12.5 Å². The molecule has 72 valence electrons. The molecule has 0 aliphatic heterocycles. The Morgan fingerprint density at radius 2 is 2.31 bits per heavy atom. The fourth-order valence-corrected chi connectivity index (χ4v) is 0.862. The van der Waals surface area contributed by atoms with Gasteiger partial charge in [0.2, 0.25) is 0 Å². The summed E-state index contributed by atoms with van der Waals surface area (Å²) in [5.41, 5.74) is 0.412. The van der Waals surface area contributed by atoms with Crippen LogP contribution in [0.2, 0.25) is 0 Å². The van der Waals surface area contributed by atoms with Crippen LogP contribution in [-0.4, -0.2) is 11.4 Å². The average molecular weight is 181 g/mol. The molecule has 3 nitrogen and oxygen atoms in total. The van der Waals surface area contributed by atoms with Crippen LogP contribution >= 0.6 is 0 Å². The minimum atomic E-state index is -0.158. The van der Waals surface area contributed by atoms with E-state index >= 15 is 0 Å². The van der Waals surface area contributed by atoms with E-state index in [0.29, 0.717) is 5.56 Å². The zero-order chi connectivity index (χ0) is 9.90. The first-order valence-electron chi connectivity index (χ1n) is 4.40. The van der Waals surface area contributed by atoms with Crippen LogP contribution in [0.5, 0.6) is 0 Å². The summed E-state index contributed by atoms with van der Waals surface area (Å²) in [6.07, 6.45) is 3.84. The summed E-state index contributed by atoms with van der Waals surface area (Å²) in [4.78, 5) is 11.5. The van der Waals surface area contributed by atoms with E-state index in [4.69, 9.17) is 4.42 Å². The van der Waals surface area contributed by atoms with E-state index in [2.05, 4.69) is 5.32 Å². The molecular formula is C10H15NO2. The van der Waals surface area contributed by atoms with Crippen molar-refractivity contribution in [3.05, 3.63) is 24.2 Å². The average Bonchev–Trinajstić information content (AvgIpc) is 2.55. The Kier molecular flexibility index (Phi) is 2.76. The number of carbonyl (C=O) groups excluding carboxylic acids is 1. The molecule has 0 aliphatic rings. The predicted molar refractivity (Wildman–Crippen MR) is 50.5 cm³/mol. The van der Waals surface area contributed by atoms with Crippen LogP contribution < -0.4 is 5.32 Å². The lowest BCUT2D eigenvalue weighted by Crippen LogP contribution is -2.42. The molecule has 1 N–H and O–H groups in total. The molecule has 1 amide bonds. The normalized spacial score (nSPS) is 11.3. The van der Waals surface area contributed by atoms with Crippen molar-refractivity contribution in [3.8, 4) is 0 Å². The highest BCUT2D eigenvalue weighted by Crippen LogP contribution is 2.09. The van der Waals surface area contributed by atoms with Gasteiger partial charge in [0.15, 0.2) is 0 Å². The monoisotopic (exact) mass is 181 g/mol. The largest absolute Gasteiger partial charge is 0.472 e. The number of carbonyl (C=O) groups is 1. The van der Waals surface area contributed by atoms with Gasteiger partial charge in [-0.3, -0.25) is 4.79 Å². The second-order valence-corrected chi connectivity index (χ2v) is 3.70. The summed E-state index contributed by atoms with van der Waals surface area (Å²) in [5.74, 6) is -0.0828. The molecule has 1 rings (SSSR count). The lowest BCUT2D eigenvalue weighted by molar-refractivity contribution is 0.0910. The van der Waals surface area contributed by atoms with Gasteiger partial charge in [-0.05, 0) is 26.3 Å². The second-order valence-electron chi connectivity index (χ2n) is 3.70. The summed E-state index contributed by atoms with van der Waals surface area (Å²) in [5, 5.41) is 2.91. The zero-order valence-electron chi connectivity index (χ0n) is 8.26. The van der Waals surface area contributed by atoms with Crippen molar-refractivity contribution in [2.75, 3.05) is 0 Å². The van der Waals surface area contributed by atoms with Gasteiger partial charge < -0.3 is 9.73 Å². The molecule has 0 unspecified atom stereocenters. The maximum Gasteiger partial charge on any atom is 0.254 e. The van der Waals surface area contributed by atoms with Crippen LogP contribution in [0.15, 0.2) is 23.0 Å². The number of amides is 1. The summed E-state index contributed by atoms with van der Waals surface area (Å²) >= 11 is 0. The van der Waals surface area contributed by atoms with Gasteiger partial charge in [-0.25, -0.2) is 0 Å². The maximum absolute atomic E-state index is 11.5. The third kappa shape index (κ3) is 2.61. The summed E-state index contributed by atoms with van der Waals surface area (Å²) < 4.78 is 4.82. The third-order valence-corrected chi connectivity index (χ3v) is 2.12. The molecule has 3 heteroatoms. The standard InChI is InChI=1S/C10H15NO2/c1-4-10(2,3)11-9(12)8-5-6-13-7-8/h5-7H,4H2,1-3H3,(H,11,12). The fraction of sp³-hybridized carbons (Fsp3) is 0.500. The Labute approximate surface area is 78.1 Å². The van der Waals surface area contributed by atoms with Gasteiger partial charge in [0, 0.05) is 5.54 Å². The van der Waals surface area contributed by atoms with Gasteiger partial charge in [0.1, 0.15) is 6.26 Å². The van der Waals surface area contributed by atoms with Crippen molar-refractivity contribution in [1.29, 1.82) is 0 Å². The molecule has 0 spiro atoms. The van der Waals surface area contributed by atoms with E-state index in [-0.39, 0.29) is 11.4 Å². The molecule has 13 heavy (non-hydrogen) atoms. The number of hydrogen-bond acceptors (Lipinski definition) is 2. The Bertz CT molecular complexity index is 275. The molecule has 1 aromatic rings. The molecule has 0 bridgehead atoms. The highest BCUT2D eigenvalue weighted by Gasteiger charge is 2.18. The SMILES string of the molecule is CCC(C)(C)NC(=O)c1ccoc1. The van der Waals surface area contributed by atoms with Crippen molar-refractivity contribution >= 4 is 5.91 Å². The molecule has 0 aliphatic carbocycles. The highest BCUT2D eigenvalue weighted by molar-refractivity contribution is 5.94. The quantitative estimate of drug-likeness (QED) is 0.776. The van der Waals surface area contributed by atoms with Gasteiger partial charge in [-0.2, -0.15) is 0 Å². The van der Waals surface area contributed by atoms with Crippen LogP contribution in [0.25, 0.3) is 0 Å². The van der Waals surface area contributed by atoms with E-state index in [9.17, 15) is 4.79 Å². The van der Waals surface area contributed by atoms with Gasteiger partial charge in [-0.15, -0.1) is 0 Å². The van der Waals surface area contributed by atoms with Crippen molar-refractivity contribution < 1.29 is 9.21 Å². The Morgan fingerprint density at radius 3 is 2.77 bits per heavy atom. The van der Waals surface area contributed by atoms with Crippen LogP contribution in [0.1, 0.15) is 37.6 Å². The molecular weight excluding hydrogens is 166 g/mol. The van der Waals surface area contributed by atoms with Crippen LogP contribution in [-0.2, 0) is 0 Å². The second kappa shape index (κ2) is 3.64. The van der Waals surface area contributed by atoms with E-state index < -0.39 is 0 Å². The first-order valence-corrected chi connectivity index (χ1v) is 4.40. The van der Waals surface area contributed by atoms with E-state index in [1.807, 2.05) is 20.8 Å². The van der Waals surface area contributed by atoms with Gasteiger partial charge in [-0.1, -0.05) is 6.92 Å². The molecule has 1 aromatic heterocycles. The minimum Gasteiger partial charge on any atom is -0.472 e. The first kappa shape index (κ1) is 9.84. The lowest BCUT2D eigenvalue weighted by atomic mass is 10.0. The lowest BCUT2D eigenvalue weighted by Gasteiger charge is -2.23. The smallest absolute Gasteiger partial charge is 0.254 e. The van der Waals surface area contributed by atoms with Crippen LogP contribution in [0, 0.1) is 0 Å². The third-order valence-electron chi connectivity index (χ3n) is 2.12. The Hall–Kier alpha value is -1.25. The molecule has 0 saturated heterocycles. The predicted octanol–water partition coefficient (Wildman–Crippen LogP) is 2.20. The van der Waals surface area contributed by atoms with Crippen LogP contribution in [0.3, 0.4) is 0 Å². The molecule has 1 heterocycles. The van der Waals surface area contributed by atoms with E-state index in [0.717, 1.165) is 6.42 Å². The summed E-state index contributed by atoms with van der Waals surface area (Å²) in [6.45, 7) is 6.02. The number of hydrogen-bond donors (Lipinski definition) is 1. The van der Waals surface area contributed by atoms with Crippen LogP contribution in [0.4, 0.5) is 0 Å². The number of nitrogens with one attached hydrogen (secondary N) is 1. The molecule has 0 aromatic carbocycles. The summed E-state index contributed by atoms with van der Waals surface area (Å²) in [7, 11) is 0. The number of furan rings is 1. The molecule has 0 atom stereocenters. The first-order chi connectivity index (χ1) is 6.05. The maximum atomic E-state index is 11.5. The minimum absolute atomic E-state index is 0.0828. The molecule has 0 saturated carbocycles. The fourth-order valence-electron chi connectivity index (χ4n) is 0.862. The van der Waals surface area contributed by atoms with Crippen molar-refractivity contribution in [1.82, 2.24) is 5.32 Å². The Morgan fingerprint density at radius 1 is 1.62 bits per heavy atom. The zero-order valence-corrected chi connectivity index (χ0v) is 8.26. The van der Waals surface area contributed by atoms with E-state index in [1.54, 1.807) is 6.07 Å². The highest BCUT2D eigenvalue weighted by atomic mass is 16.3. The van der Waals surface area contributed by atoms with Gasteiger partial charge in [0.25, 0.3) is 5.91 Å². The van der Waals surface area contributed by atoms with Crippen molar-refractivity contribution in [2.24, 2.45) is 0 Å². The molecule has 0 radical (unpaired) electrons. The van der Waals surface area contributed by atoms with Crippen molar-refractivity contribution in [2.45, 2.75) is 32.7 Å². The number of rotatable bonds is 3.